The van der Waals surface area contributed by atoms with Crippen LogP contribution in [0.25, 0.3) is 0 Å². The molecule has 2 aromatic carbocycles. The number of carbonyl (C=O) groups is 2. The number of phenolic OH excluding ortho intramolecular Hbond substituents is 1. The molecular weight excluding hydrogens is 642 g/mol. The number of phenols is 1. The maximum Gasteiger partial charge on any atom is 0.273 e. The van der Waals surface area contributed by atoms with Crippen LogP contribution in [0.3, 0.4) is 0 Å². The summed E-state index contributed by atoms with van der Waals surface area (Å²) in [6.07, 6.45) is 3.50. The number of thiazole rings is 1. The van der Waals surface area contributed by atoms with E-state index in [9.17, 15) is 24.2 Å². The first-order valence-corrected chi connectivity index (χ1v) is 18.1. The Bertz CT molecular complexity index is 1550. The fourth-order valence-corrected chi connectivity index (χ4v) is 7.89. The molecule has 3 aromatic rings. The molecule has 0 aliphatic carbocycles. The van der Waals surface area contributed by atoms with E-state index in [2.05, 4.69) is 34.4 Å². The van der Waals surface area contributed by atoms with Crippen LogP contribution in [0.2, 0.25) is 0 Å². The maximum absolute atomic E-state index is 14.8. The van der Waals surface area contributed by atoms with Gasteiger partial charge in [0.2, 0.25) is 6.41 Å². The standard InChI is InChI=1S/C34H44FN5O5S2/c1-22(2)32-38-27(19-47-32)33(44)40-14-15-45-34(20-40)9-12-39(13-10-34)18-23-4-6-26(35)24(16-23)8-11-36-17-29(43)25-5-7-28(42)30(37-21-41)31(25)46-3/h4-7,16,19,21-22,29,36,42-43H,8-15,17-18,20H2,1-3H3,(H,37,41). The molecule has 2 saturated heterocycles. The lowest BCUT2D eigenvalue weighted by Gasteiger charge is -2.47. The summed E-state index contributed by atoms with van der Waals surface area (Å²) in [5.74, 6) is -0.0587. The Kier molecular flexibility index (Phi) is 11.9. The fourth-order valence-electron chi connectivity index (χ4n) is 6.27. The molecule has 10 nitrogen and oxygen atoms in total. The highest BCUT2D eigenvalue weighted by Gasteiger charge is 2.41. The molecule has 1 aromatic heterocycles. The van der Waals surface area contributed by atoms with Gasteiger partial charge < -0.3 is 30.5 Å². The predicted octanol–water partition coefficient (Wildman–Crippen LogP) is 4.77. The Labute approximate surface area is 283 Å². The second-order valence-electron chi connectivity index (χ2n) is 12.5. The topological polar surface area (TPSA) is 127 Å². The summed E-state index contributed by atoms with van der Waals surface area (Å²) in [6.45, 7) is 8.85. The van der Waals surface area contributed by atoms with Crippen molar-refractivity contribution in [2.24, 2.45) is 0 Å². The molecule has 0 saturated carbocycles. The molecule has 2 aliphatic heterocycles. The highest BCUT2D eigenvalue weighted by Crippen LogP contribution is 2.39. The number of amides is 2. The normalized spacial score (nSPS) is 17.3. The number of nitrogens with one attached hydrogen (secondary N) is 2. The second kappa shape index (κ2) is 15.9. The SMILES string of the molecule is CSc1c(C(O)CNCCc2cc(CN3CCC4(CC3)CN(C(=O)c3csc(C(C)C)n3)CCO4)ccc2F)ccc(O)c1NC=O. The zero-order chi connectivity index (χ0) is 33.6. The highest BCUT2D eigenvalue weighted by atomic mass is 32.2. The Hall–Kier alpha value is -3.07. The summed E-state index contributed by atoms with van der Waals surface area (Å²) in [4.78, 5) is 33.6. The van der Waals surface area contributed by atoms with Crippen molar-refractivity contribution in [2.75, 3.05) is 57.4 Å². The number of hydrogen-bond donors (Lipinski definition) is 4. The zero-order valence-corrected chi connectivity index (χ0v) is 28.8. The number of aromatic hydroxyl groups is 1. The number of aliphatic hydroxyl groups is 1. The van der Waals surface area contributed by atoms with Crippen LogP contribution in [0.15, 0.2) is 40.6 Å². The van der Waals surface area contributed by atoms with Gasteiger partial charge in [0, 0.05) is 48.9 Å². The monoisotopic (exact) mass is 685 g/mol. The molecule has 1 atom stereocenters. The van der Waals surface area contributed by atoms with E-state index in [4.69, 9.17) is 4.74 Å². The number of anilines is 1. The summed E-state index contributed by atoms with van der Waals surface area (Å²) >= 11 is 2.86. The number of benzene rings is 2. The minimum atomic E-state index is -0.882. The van der Waals surface area contributed by atoms with Gasteiger partial charge in [0.05, 0.1) is 35.6 Å². The lowest BCUT2D eigenvalue weighted by atomic mass is 9.89. The van der Waals surface area contributed by atoms with Crippen molar-refractivity contribution in [1.29, 1.82) is 0 Å². The molecule has 2 aliphatic rings. The Morgan fingerprint density at radius 3 is 2.72 bits per heavy atom. The lowest BCUT2D eigenvalue weighted by Crippen LogP contribution is -2.58. The van der Waals surface area contributed by atoms with Crippen LogP contribution in [0, 0.1) is 5.82 Å². The van der Waals surface area contributed by atoms with Gasteiger partial charge >= 0.3 is 0 Å². The zero-order valence-electron chi connectivity index (χ0n) is 27.1. The molecule has 2 amide bonds. The van der Waals surface area contributed by atoms with Gasteiger partial charge in [-0.05, 0) is 60.9 Å². The molecule has 1 unspecified atom stereocenters. The van der Waals surface area contributed by atoms with Crippen molar-refractivity contribution < 1.29 is 28.9 Å². The highest BCUT2D eigenvalue weighted by molar-refractivity contribution is 7.98. The van der Waals surface area contributed by atoms with E-state index < -0.39 is 6.10 Å². The minimum Gasteiger partial charge on any atom is -0.506 e. The second-order valence-corrected chi connectivity index (χ2v) is 14.2. The Morgan fingerprint density at radius 1 is 1.23 bits per heavy atom. The minimum absolute atomic E-state index is 0.0211. The summed E-state index contributed by atoms with van der Waals surface area (Å²) < 4.78 is 21.0. The van der Waals surface area contributed by atoms with Gasteiger partial charge in [-0.2, -0.15) is 0 Å². The maximum atomic E-state index is 14.8. The number of halogens is 1. The summed E-state index contributed by atoms with van der Waals surface area (Å²) in [6, 6.07) is 8.34. The molecule has 0 radical (unpaired) electrons. The van der Waals surface area contributed by atoms with Crippen molar-refractivity contribution in [3.8, 4) is 5.75 Å². The molecule has 0 bridgehead atoms. The number of carbonyl (C=O) groups excluding carboxylic acids is 2. The summed E-state index contributed by atoms with van der Waals surface area (Å²) in [5.41, 5.74) is 2.66. The summed E-state index contributed by atoms with van der Waals surface area (Å²) in [7, 11) is 0. The Balaban J connectivity index is 1.11. The third kappa shape index (κ3) is 8.51. The largest absolute Gasteiger partial charge is 0.506 e. The average molecular weight is 686 g/mol. The van der Waals surface area contributed by atoms with Crippen molar-refractivity contribution >= 4 is 41.1 Å². The van der Waals surface area contributed by atoms with E-state index >= 15 is 0 Å². The van der Waals surface area contributed by atoms with E-state index in [1.807, 2.05) is 22.4 Å². The van der Waals surface area contributed by atoms with E-state index in [1.54, 1.807) is 12.3 Å². The first-order chi connectivity index (χ1) is 22.6. The number of hydrogen-bond acceptors (Lipinski definition) is 10. The average Bonchev–Trinajstić information content (AvgIpc) is 3.57. The van der Waals surface area contributed by atoms with Gasteiger partial charge in [-0.3, -0.25) is 14.5 Å². The molecule has 5 rings (SSSR count). The predicted molar refractivity (Wildman–Crippen MR) is 183 cm³/mol. The molecular formula is C34H44FN5O5S2. The summed E-state index contributed by atoms with van der Waals surface area (Å²) in [5, 5.41) is 29.5. The van der Waals surface area contributed by atoms with Crippen LogP contribution in [-0.2, 0) is 22.5 Å². The number of rotatable bonds is 13. The molecule has 3 heterocycles. The van der Waals surface area contributed by atoms with Gasteiger partial charge in [0.15, 0.2) is 0 Å². The van der Waals surface area contributed by atoms with Gasteiger partial charge in [0.25, 0.3) is 5.91 Å². The van der Waals surface area contributed by atoms with Gasteiger partial charge in [0.1, 0.15) is 17.3 Å². The van der Waals surface area contributed by atoms with E-state index in [0.29, 0.717) is 73.3 Å². The van der Waals surface area contributed by atoms with E-state index in [0.717, 1.165) is 36.5 Å². The third-order valence-electron chi connectivity index (χ3n) is 8.90. The molecule has 4 N–H and O–H groups in total. The number of piperidine rings is 1. The number of ether oxygens (including phenoxy) is 1. The van der Waals surface area contributed by atoms with Gasteiger partial charge in [-0.25, -0.2) is 9.37 Å². The van der Waals surface area contributed by atoms with Crippen LogP contribution in [0.5, 0.6) is 5.75 Å². The van der Waals surface area contributed by atoms with E-state index in [-0.39, 0.29) is 35.3 Å². The first kappa shape index (κ1) is 35.2. The third-order valence-corrected chi connectivity index (χ3v) is 10.9. The van der Waals surface area contributed by atoms with Crippen molar-refractivity contribution in [1.82, 2.24) is 20.1 Å². The quantitative estimate of drug-likeness (QED) is 0.0871. The first-order valence-electron chi connectivity index (χ1n) is 16.0. The van der Waals surface area contributed by atoms with Crippen molar-refractivity contribution in [3.63, 3.8) is 0 Å². The molecule has 2 fully saturated rings. The van der Waals surface area contributed by atoms with Crippen LogP contribution in [0.1, 0.15) is 70.9 Å². The van der Waals surface area contributed by atoms with Crippen LogP contribution in [0.4, 0.5) is 10.1 Å². The van der Waals surface area contributed by atoms with Gasteiger partial charge in [-0.1, -0.05) is 32.0 Å². The molecule has 13 heteroatoms. The number of morpholine rings is 1. The van der Waals surface area contributed by atoms with Gasteiger partial charge in [-0.15, -0.1) is 23.1 Å². The molecule has 1 spiro atoms. The van der Waals surface area contributed by atoms with E-state index in [1.165, 1.54) is 35.2 Å². The van der Waals surface area contributed by atoms with Crippen LogP contribution >= 0.6 is 23.1 Å². The van der Waals surface area contributed by atoms with Crippen molar-refractivity contribution in [3.05, 3.63) is 68.9 Å². The van der Waals surface area contributed by atoms with Crippen LogP contribution < -0.4 is 10.6 Å². The van der Waals surface area contributed by atoms with Crippen LogP contribution in [-0.4, -0.2) is 95.0 Å². The smallest absolute Gasteiger partial charge is 0.273 e. The molecule has 47 heavy (non-hydrogen) atoms. The fraction of sp³-hybridized carbons (Fsp3) is 0.500. The number of thioether (sulfide) groups is 1. The number of aliphatic hydroxyl groups excluding tert-OH is 1. The molecule has 254 valence electrons. The number of likely N-dealkylation sites (tertiary alicyclic amines) is 1. The Morgan fingerprint density at radius 2 is 2.02 bits per heavy atom. The van der Waals surface area contributed by atoms with Crippen molar-refractivity contribution in [2.45, 2.75) is 62.2 Å². The number of nitrogens with zero attached hydrogens (tertiary/aromatic N) is 3. The number of aromatic nitrogens is 1. The lowest BCUT2D eigenvalue weighted by molar-refractivity contribution is -0.128.